The molecule has 0 radical (unpaired) electrons. The van der Waals surface area contributed by atoms with Crippen molar-refractivity contribution in [3.63, 3.8) is 0 Å². The number of halogens is 1. The molecule has 0 saturated heterocycles. The zero-order valence-corrected chi connectivity index (χ0v) is 18.5. The Balaban J connectivity index is 0.00000338. The second kappa shape index (κ2) is 11.8. The number of hydrogen-bond donors (Lipinski definition) is 3. The highest BCUT2D eigenvalue weighted by Crippen LogP contribution is 2.16. The zero-order valence-electron chi connectivity index (χ0n) is 15.3. The molecule has 2 heterocycles. The Morgan fingerprint density at radius 3 is 2.58 bits per heavy atom. The molecule has 2 rings (SSSR count). The van der Waals surface area contributed by atoms with E-state index in [4.69, 9.17) is 0 Å². The van der Waals surface area contributed by atoms with Crippen molar-refractivity contribution < 1.29 is 4.79 Å². The molecule has 0 saturated carbocycles. The molecule has 26 heavy (non-hydrogen) atoms. The van der Waals surface area contributed by atoms with E-state index < -0.39 is 0 Å². The second-order valence-corrected chi connectivity index (χ2v) is 6.85. The number of rotatable bonds is 7. The quantitative estimate of drug-likeness (QED) is 0.318. The fourth-order valence-corrected chi connectivity index (χ4v) is 3.04. The minimum absolute atomic E-state index is 0. The number of nitrogens with one attached hydrogen (secondary N) is 3. The van der Waals surface area contributed by atoms with Crippen LogP contribution in [0.25, 0.3) is 0 Å². The van der Waals surface area contributed by atoms with E-state index in [9.17, 15) is 4.79 Å². The van der Waals surface area contributed by atoms with Crippen molar-refractivity contribution >= 4 is 53.0 Å². The van der Waals surface area contributed by atoms with Gasteiger partial charge >= 0.3 is 0 Å². The Labute approximate surface area is 175 Å². The fraction of sp³-hybridized carbons (Fsp3) is 0.389. The predicted molar refractivity (Wildman–Crippen MR) is 120 cm³/mol. The van der Waals surface area contributed by atoms with Crippen molar-refractivity contribution in [2.45, 2.75) is 33.2 Å². The summed E-state index contributed by atoms with van der Waals surface area (Å²) in [5, 5.41) is 9.19. The zero-order chi connectivity index (χ0) is 18.1. The van der Waals surface area contributed by atoms with Gasteiger partial charge in [-0.05, 0) is 37.1 Å². The number of thiophene rings is 1. The smallest absolute Gasteiger partial charge is 0.227 e. The second-order valence-electron chi connectivity index (χ2n) is 5.59. The Morgan fingerprint density at radius 1 is 1.19 bits per heavy atom. The highest BCUT2D eigenvalue weighted by atomic mass is 127. The molecule has 0 atom stereocenters. The average molecular weight is 487 g/mol. The van der Waals surface area contributed by atoms with Crippen LogP contribution in [-0.2, 0) is 17.8 Å². The van der Waals surface area contributed by atoms with Crippen LogP contribution in [0.15, 0.2) is 35.5 Å². The largest absolute Gasteiger partial charge is 0.356 e. The minimum atomic E-state index is -0.0786. The number of aromatic nitrogens is 1. The molecule has 0 aliphatic heterocycles. The number of pyridine rings is 1. The van der Waals surface area contributed by atoms with Gasteiger partial charge in [-0.1, -0.05) is 13.0 Å². The Hall–Kier alpha value is -1.68. The molecule has 0 fully saturated rings. The van der Waals surface area contributed by atoms with Crippen molar-refractivity contribution in [1.82, 2.24) is 15.6 Å². The van der Waals surface area contributed by atoms with Gasteiger partial charge in [0.15, 0.2) is 5.96 Å². The summed E-state index contributed by atoms with van der Waals surface area (Å²) < 4.78 is 0. The molecule has 0 aliphatic carbocycles. The number of guanidine groups is 1. The van der Waals surface area contributed by atoms with Crippen molar-refractivity contribution in [2.75, 3.05) is 18.9 Å². The van der Waals surface area contributed by atoms with Crippen LogP contribution >= 0.6 is 35.3 Å². The number of amides is 1. The number of hydrogen-bond acceptors (Lipinski definition) is 4. The number of carbonyl (C=O) groups excluding carboxylic acids is 1. The van der Waals surface area contributed by atoms with Gasteiger partial charge in [-0.2, -0.15) is 0 Å². The third-order valence-corrected chi connectivity index (χ3v) is 4.77. The predicted octanol–water partition coefficient (Wildman–Crippen LogP) is 3.33. The van der Waals surface area contributed by atoms with Gasteiger partial charge in [-0.25, -0.2) is 4.98 Å². The van der Waals surface area contributed by atoms with Crippen LogP contribution in [0, 0.1) is 6.92 Å². The van der Waals surface area contributed by atoms with Crippen LogP contribution in [0.5, 0.6) is 0 Å². The van der Waals surface area contributed by atoms with E-state index in [-0.39, 0.29) is 29.9 Å². The number of aryl methyl sites for hydroxylation is 2. The van der Waals surface area contributed by atoms with Crippen molar-refractivity contribution in [1.29, 1.82) is 0 Å². The first kappa shape index (κ1) is 22.4. The van der Waals surface area contributed by atoms with E-state index in [1.807, 2.05) is 13.0 Å². The molecule has 142 valence electrons. The normalized spacial score (nSPS) is 10.8. The van der Waals surface area contributed by atoms with E-state index >= 15 is 0 Å². The SMILES string of the molecule is CCc1ccc(CNC(=NC)NCCC(=O)Nc2ccc(C)cn2)s1.I. The number of anilines is 1. The van der Waals surface area contributed by atoms with Gasteiger partial charge in [0.25, 0.3) is 0 Å². The van der Waals surface area contributed by atoms with Gasteiger partial charge in [-0.3, -0.25) is 9.79 Å². The van der Waals surface area contributed by atoms with Crippen LogP contribution in [0.1, 0.15) is 28.7 Å². The van der Waals surface area contributed by atoms with E-state index in [2.05, 4.69) is 45.0 Å². The summed E-state index contributed by atoms with van der Waals surface area (Å²) in [4.78, 5) is 22.9. The minimum Gasteiger partial charge on any atom is -0.356 e. The first-order valence-corrected chi connectivity index (χ1v) is 9.17. The Morgan fingerprint density at radius 2 is 1.96 bits per heavy atom. The van der Waals surface area contributed by atoms with Crippen molar-refractivity contribution in [2.24, 2.45) is 4.99 Å². The molecule has 0 aromatic carbocycles. The van der Waals surface area contributed by atoms with Crippen LogP contribution in [-0.4, -0.2) is 30.4 Å². The number of nitrogens with zero attached hydrogens (tertiary/aromatic N) is 2. The van der Waals surface area contributed by atoms with Crippen LogP contribution < -0.4 is 16.0 Å². The Kier molecular flexibility index (Phi) is 10.2. The monoisotopic (exact) mass is 487 g/mol. The summed E-state index contributed by atoms with van der Waals surface area (Å²) in [7, 11) is 1.72. The lowest BCUT2D eigenvalue weighted by molar-refractivity contribution is -0.116. The van der Waals surface area contributed by atoms with E-state index in [0.29, 0.717) is 24.7 Å². The lowest BCUT2D eigenvalue weighted by atomic mass is 10.3. The first-order chi connectivity index (χ1) is 12.1. The Bertz CT molecular complexity index is 715. The summed E-state index contributed by atoms with van der Waals surface area (Å²) in [5.41, 5.74) is 1.06. The lowest BCUT2D eigenvalue weighted by Gasteiger charge is -2.11. The number of carbonyl (C=O) groups is 1. The molecule has 3 N–H and O–H groups in total. The van der Waals surface area contributed by atoms with Gasteiger partial charge in [0.1, 0.15) is 5.82 Å². The average Bonchev–Trinajstić information content (AvgIpc) is 3.08. The molecular formula is C18H26IN5OS. The molecule has 0 spiro atoms. The van der Waals surface area contributed by atoms with E-state index in [1.54, 1.807) is 30.6 Å². The molecule has 8 heteroatoms. The summed E-state index contributed by atoms with van der Waals surface area (Å²) >= 11 is 1.80. The van der Waals surface area contributed by atoms with Gasteiger partial charge in [-0.15, -0.1) is 35.3 Å². The number of aliphatic imine (C=N–C) groups is 1. The lowest BCUT2D eigenvalue weighted by Crippen LogP contribution is -2.38. The third kappa shape index (κ3) is 7.69. The molecule has 0 unspecified atom stereocenters. The van der Waals surface area contributed by atoms with Gasteiger partial charge in [0.2, 0.25) is 5.91 Å². The highest BCUT2D eigenvalue weighted by Gasteiger charge is 2.05. The molecular weight excluding hydrogens is 461 g/mol. The topological polar surface area (TPSA) is 78.4 Å². The molecule has 2 aromatic heterocycles. The van der Waals surface area contributed by atoms with Crippen LogP contribution in [0.4, 0.5) is 5.82 Å². The maximum atomic E-state index is 11.9. The van der Waals surface area contributed by atoms with Crippen molar-refractivity contribution in [3.8, 4) is 0 Å². The first-order valence-electron chi connectivity index (χ1n) is 8.35. The summed E-state index contributed by atoms with van der Waals surface area (Å²) in [6.07, 6.45) is 3.13. The highest BCUT2D eigenvalue weighted by molar-refractivity contribution is 14.0. The van der Waals surface area contributed by atoms with Gasteiger partial charge in [0, 0.05) is 36.0 Å². The molecule has 1 amide bonds. The maximum absolute atomic E-state index is 11.9. The standard InChI is InChI=1S/C18H25N5OS.HI/c1-4-14-6-7-15(25-14)12-22-18(19-3)20-10-9-17(24)23-16-8-5-13(2)11-21-16;/h5-8,11H,4,9-10,12H2,1-3H3,(H2,19,20,22)(H,21,23,24);1H. The van der Waals surface area contributed by atoms with E-state index in [0.717, 1.165) is 18.5 Å². The summed E-state index contributed by atoms with van der Waals surface area (Å²) in [5.74, 6) is 1.18. The molecule has 0 aliphatic rings. The van der Waals surface area contributed by atoms with Crippen LogP contribution in [0.2, 0.25) is 0 Å². The van der Waals surface area contributed by atoms with Gasteiger partial charge in [0.05, 0.1) is 6.54 Å². The van der Waals surface area contributed by atoms with Crippen molar-refractivity contribution in [3.05, 3.63) is 45.8 Å². The summed E-state index contributed by atoms with van der Waals surface area (Å²) in [6, 6.07) is 8.00. The van der Waals surface area contributed by atoms with Gasteiger partial charge < -0.3 is 16.0 Å². The summed E-state index contributed by atoms with van der Waals surface area (Å²) in [6.45, 7) is 5.34. The maximum Gasteiger partial charge on any atom is 0.227 e. The van der Waals surface area contributed by atoms with E-state index in [1.165, 1.54) is 9.75 Å². The fourth-order valence-electron chi connectivity index (χ4n) is 2.14. The molecule has 0 bridgehead atoms. The third-order valence-electron chi connectivity index (χ3n) is 3.54. The molecule has 6 nitrogen and oxygen atoms in total. The van der Waals surface area contributed by atoms with Crippen LogP contribution in [0.3, 0.4) is 0 Å². The molecule has 2 aromatic rings.